The van der Waals surface area contributed by atoms with E-state index in [2.05, 4.69) is 15.5 Å². The van der Waals surface area contributed by atoms with E-state index in [-0.39, 0.29) is 34.7 Å². The second-order valence-corrected chi connectivity index (χ2v) is 13.9. The number of anilines is 1. The molecule has 52 heavy (non-hydrogen) atoms. The van der Waals surface area contributed by atoms with Crippen LogP contribution in [0.1, 0.15) is 76.5 Å². The Hall–Kier alpha value is -6.11. The quantitative estimate of drug-likeness (QED) is 0.168. The summed E-state index contributed by atoms with van der Waals surface area (Å²) in [7, 11) is 0. The van der Waals surface area contributed by atoms with Gasteiger partial charge in [0, 0.05) is 51.9 Å². The maximum absolute atomic E-state index is 15.7. The minimum absolute atomic E-state index is 0.0423. The van der Waals surface area contributed by atoms with E-state index in [9.17, 15) is 18.8 Å². The van der Waals surface area contributed by atoms with Gasteiger partial charge in [-0.3, -0.25) is 18.8 Å². The molecule has 11 nitrogen and oxygen atoms in total. The zero-order chi connectivity index (χ0) is 37.5. The molecule has 0 aliphatic heterocycles. The minimum atomic E-state index is -0.787. The van der Waals surface area contributed by atoms with Crippen molar-refractivity contribution in [2.24, 2.45) is 0 Å². The topological polar surface area (TPSA) is 122 Å². The molecule has 0 spiro atoms. The van der Waals surface area contributed by atoms with Crippen molar-refractivity contribution in [2.75, 3.05) is 5.32 Å². The molecule has 6 aromatic rings. The maximum Gasteiger partial charge on any atom is 0.435 e. The summed E-state index contributed by atoms with van der Waals surface area (Å²) < 4.78 is 45.2. The number of nitrogens with one attached hydrogen (secondary N) is 1. The summed E-state index contributed by atoms with van der Waals surface area (Å²) in [5.74, 6) is -1.95. The first-order valence-electron chi connectivity index (χ1n) is 16.7. The molecule has 0 bridgehead atoms. The Morgan fingerprint density at radius 3 is 2.25 bits per heavy atom. The molecule has 6 rings (SSSR count). The van der Waals surface area contributed by atoms with Crippen molar-refractivity contribution in [1.82, 2.24) is 24.1 Å². The highest BCUT2D eigenvalue weighted by Crippen LogP contribution is 2.38. The van der Waals surface area contributed by atoms with Crippen molar-refractivity contribution in [3.05, 3.63) is 119 Å². The van der Waals surface area contributed by atoms with Crippen LogP contribution >= 0.6 is 0 Å². The maximum atomic E-state index is 15.7. The van der Waals surface area contributed by atoms with Gasteiger partial charge in [-0.15, -0.1) is 0 Å². The smallest absolute Gasteiger partial charge is 0.435 e. The number of nitrogens with zero attached hydrogens (tertiary/aromatic N) is 5. The van der Waals surface area contributed by atoms with Gasteiger partial charge in [-0.25, -0.2) is 13.6 Å². The molecule has 0 aliphatic carbocycles. The molecule has 268 valence electrons. The standard InChI is InChI=1S/C39H38F2N6O5/c1-22(2)32-14-13-29(37(49)46(32)28-11-8-26(40)9-12-28)36(48)44-27-10-15-34(31(41)17-27)51-35-16-24-19-43-47(23(3)4)33(24)18-30(35)25-20-42-45(21-25)38(50)52-39(5,6)7/h8-23H,1-7H3,(H,44,48). The summed E-state index contributed by atoms with van der Waals surface area (Å²) in [6.07, 6.45) is 4.01. The first-order chi connectivity index (χ1) is 24.6. The normalized spacial score (nSPS) is 11.8. The van der Waals surface area contributed by atoms with E-state index in [0.717, 1.165) is 21.7 Å². The second kappa shape index (κ2) is 13.9. The molecular formula is C39H38F2N6O5. The van der Waals surface area contributed by atoms with Crippen molar-refractivity contribution in [3.8, 4) is 28.3 Å². The van der Waals surface area contributed by atoms with Crippen molar-refractivity contribution in [1.29, 1.82) is 0 Å². The van der Waals surface area contributed by atoms with Crippen LogP contribution in [0.15, 0.2) is 90.1 Å². The largest absolute Gasteiger partial charge is 0.454 e. The lowest BCUT2D eigenvalue weighted by atomic mass is 10.1. The molecule has 3 aromatic carbocycles. The number of hydrogen-bond donors (Lipinski definition) is 1. The number of rotatable bonds is 8. The van der Waals surface area contributed by atoms with Crippen LogP contribution in [-0.4, -0.2) is 41.7 Å². The predicted octanol–water partition coefficient (Wildman–Crippen LogP) is 8.86. The number of ether oxygens (including phenoxy) is 2. The lowest BCUT2D eigenvalue weighted by molar-refractivity contribution is 0.0514. The summed E-state index contributed by atoms with van der Waals surface area (Å²) in [5.41, 5.74) is 1.43. The highest BCUT2D eigenvalue weighted by molar-refractivity contribution is 6.04. The van der Waals surface area contributed by atoms with Gasteiger partial charge in [0.05, 0.1) is 17.9 Å². The van der Waals surface area contributed by atoms with Gasteiger partial charge in [-0.1, -0.05) is 13.8 Å². The van der Waals surface area contributed by atoms with Gasteiger partial charge in [0.2, 0.25) is 0 Å². The highest BCUT2D eigenvalue weighted by atomic mass is 19.1. The average molecular weight is 709 g/mol. The van der Waals surface area contributed by atoms with Crippen molar-refractivity contribution < 1.29 is 27.8 Å². The molecule has 0 saturated carbocycles. The predicted molar refractivity (Wildman–Crippen MR) is 193 cm³/mol. The lowest BCUT2D eigenvalue weighted by Crippen LogP contribution is -2.30. The average Bonchev–Trinajstić information content (AvgIpc) is 3.73. The molecule has 3 aromatic heterocycles. The van der Waals surface area contributed by atoms with Crippen LogP contribution in [0.5, 0.6) is 11.5 Å². The number of pyridine rings is 1. The zero-order valence-electron chi connectivity index (χ0n) is 29.8. The summed E-state index contributed by atoms with van der Waals surface area (Å²) in [4.78, 5) is 39.7. The van der Waals surface area contributed by atoms with Crippen molar-refractivity contribution in [3.63, 3.8) is 0 Å². The Bertz CT molecular complexity index is 2370. The van der Waals surface area contributed by atoms with Crippen LogP contribution in [0.25, 0.3) is 27.7 Å². The molecule has 1 amide bonds. The van der Waals surface area contributed by atoms with E-state index in [0.29, 0.717) is 22.5 Å². The van der Waals surface area contributed by atoms with E-state index in [1.54, 1.807) is 39.1 Å². The third-order valence-electron chi connectivity index (χ3n) is 8.10. The Balaban J connectivity index is 1.30. The molecule has 0 aliphatic rings. The Kier molecular flexibility index (Phi) is 9.54. The van der Waals surface area contributed by atoms with Gasteiger partial charge < -0.3 is 14.8 Å². The number of benzene rings is 3. The number of amides is 1. The van der Waals surface area contributed by atoms with E-state index in [1.165, 1.54) is 59.4 Å². The molecule has 0 radical (unpaired) electrons. The fourth-order valence-electron chi connectivity index (χ4n) is 5.67. The van der Waals surface area contributed by atoms with Gasteiger partial charge in [0.1, 0.15) is 22.7 Å². The van der Waals surface area contributed by atoms with Crippen LogP contribution in [0, 0.1) is 11.6 Å². The van der Waals surface area contributed by atoms with Gasteiger partial charge in [0.15, 0.2) is 11.6 Å². The molecule has 0 saturated heterocycles. The van der Waals surface area contributed by atoms with Gasteiger partial charge in [-0.2, -0.15) is 14.9 Å². The number of fused-ring (bicyclic) bond motifs is 1. The molecule has 13 heteroatoms. The monoisotopic (exact) mass is 708 g/mol. The number of carbonyl (C=O) groups excluding carboxylic acids is 2. The van der Waals surface area contributed by atoms with Crippen LogP contribution < -0.4 is 15.6 Å². The zero-order valence-corrected chi connectivity index (χ0v) is 29.8. The highest BCUT2D eigenvalue weighted by Gasteiger charge is 2.22. The van der Waals surface area contributed by atoms with Crippen LogP contribution in [-0.2, 0) is 4.74 Å². The SMILES string of the molecule is CC(C)c1ccc(C(=O)Nc2ccc(Oc3cc4cnn(C(C)C)c4cc3-c3cnn(C(=O)OC(C)(C)C)c3)c(F)c2)c(=O)n1-c1ccc(F)cc1. The third kappa shape index (κ3) is 7.34. The number of halogens is 2. The van der Waals surface area contributed by atoms with Crippen LogP contribution in [0.4, 0.5) is 19.3 Å². The van der Waals surface area contributed by atoms with Gasteiger partial charge in [-0.05, 0) is 101 Å². The number of hydrogen-bond acceptors (Lipinski definition) is 7. The molecular weight excluding hydrogens is 670 g/mol. The fourth-order valence-corrected chi connectivity index (χ4v) is 5.67. The van der Waals surface area contributed by atoms with Crippen molar-refractivity contribution >= 4 is 28.6 Å². The third-order valence-corrected chi connectivity index (χ3v) is 8.10. The molecule has 0 fully saturated rings. The van der Waals surface area contributed by atoms with E-state index < -0.39 is 34.8 Å². The summed E-state index contributed by atoms with van der Waals surface area (Å²) in [5, 5.41) is 12.0. The van der Waals surface area contributed by atoms with Crippen molar-refractivity contribution in [2.45, 2.75) is 66.0 Å². The van der Waals surface area contributed by atoms with Gasteiger partial charge >= 0.3 is 6.09 Å². The summed E-state index contributed by atoms with van der Waals surface area (Å²) >= 11 is 0. The Morgan fingerprint density at radius 1 is 0.865 bits per heavy atom. The first-order valence-corrected chi connectivity index (χ1v) is 16.7. The van der Waals surface area contributed by atoms with E-state index >= 15 is 4.39 Å². The second-order valence-electron chi connectivity index (χ2n) is 13.9. The lowest BCUT2D eigenvalue weighted by Gasteiger charge is -2.18. The molecule has 3 heterocycles. The molecule has 0 atom stereocenters. The fraction of sp³-hybridized carbons (Fsp3) is 0.256. The number of carbonyl (C=O) groups is 2. The Labute approximate surface area is 298 Å². The summed E-state index contributed by atoms with van der Waals surface area (Å²) in [6.45, 7) is 13.1. The first kappa shape index (κ1) is 35.7. The molecule has 0 unspecified atom stereocenters. The Morgan fingerprint density at radius 2 is 1.60 bits per heavy atom. The summed E-state index contributed by atoms with van der Waals surface area (Å²) in [6, 6.07) is 16.0. The van der Waals surface area contributed by atoms with E-state index in [4.69, 9.17) is 9.47 Å². The van der Waals surface area contributed by atoms with Crippen LogP contribution in [0.3, 0.4) is 0 Å². The van der Waals surface area contributed by atoms with Crippen LogP contribution in [0.2, 0.25) is 0 Å². The molecule has 1 N–H and O–H groups in total. The van der Waals surface area contributed by atoms with E-state index in [1.807, 2.05) is 38.4 Å². The number of aromatic nitrogens is 5. The van der Waals surface area contributed by atoms with Gasteiger partial charge in [0.25, 0.3) is 11.5 Å². The minimum Gasteiger partial charge on any atom is -0.454 e.